The number of nitro groups is 2. The summed E-state index contributed by atoms with van der Waals surface area (Å²) in [5.41, 5.74) is -0.723. The first-order valence-corrected chi connectivity index (χ1v) is 7.69. The van der Waals surface area contributed by atoms with Gasteiger partial charge in [-0.1, -0.05) is 0 Å². The monoisotopic (exact) mass is 379 g/mol. The predicted molar refractivity (Wildman–Crippen MR) is 91.0 cm³/mol. The lowest BCUT2D eigenvalue weighted by molar-refractivity contribution is -0.385. The van der Waals surface area contributed by atoms with Crippen molar-refractivity contribution in [3.8, 4) is 0 Å². The molecule has 2 aromatic rings. The number of non-ortho nitro benzene ring substituents is 1. The Morgan fingerprint density at radius 1 is 1.26 bits per heavy atom. The molecule has 0 bridgehead atoms. The van der Waals surface area contributed by atoms with E-state index in [4.69, 9.17) is 0 Å². The average molecular weight is 379 g/mol. The molecule has 2 atom stereocenters. The molecular weight excluding hydrogens is 362 g/mol. The van der Waals surface area contributed by atoms with Gasteiger partial charge in [0.2, 0.25) is 5.69 Å². The fourth-order valence-electron chi connectivity index (χ4n) is 2.61. The van der Waals surface area contributed by atoms with E-state index < -0.39 is 40.2 Å². The minimum atomic E-state index is -1.40. The highest BCUT2D eigenvalue weighted by Gasteiger charge is 2.32. The number of amides is 1. The Kier molecular flexibility index (Phi) is 5.82. The minimum Gasteiger partial charge on any atom is -0.394 e. The highest BCUT2D eigenvalue weighted by Crippen LogP contribution is 2.24. The molecule has 3 N–H and O–H groups in total. The van der Waals surface area contributed by atoms with Crippen molar-refractivity contribution in [2.75, 3.05) is 6.61 Å². The lowest BCUT2D eigenvalue weighted by atomic mass is 10.0. The van der Waals surface area contributed by atoms with Crippen LogP contribution in [0.5, 0.6) is 0 Å². The SMILES string of the molecule is Cc1nn(C)c(C(=O)NC(CO)C(O)c2ccc([N+](=O)[O-])cc2)c1[N+](=O)[O-]. The molecule has 0 radical (unpaired) electrons. The van der Waals surface area contributed by atoms with Crippen LogP contribution in [0.3, 0.4) is 0 Å². The molecule has 0 aliphatic heterocycles. The van der Waals surface area contributed by atoms with E-state index in [-0.39, 0.29) is 22.6 Å². The van der Waals surface area contributed by atoms with E-state index in [2.05, 4.69) is 10.4 Å². The van der Waals surface area contributed by atoms with E-state index in [1.807, 2.05) is 0 Å². The van der Waals surface area contributed by atoms with Gasteiger partial charge in [-0.3, -0.25) is 29.7 Å². The number of aryl methyl sites for hydroxylation is 2. The summed E-state index contributed by atoms with van der Waals surface area (Å²) >= 11 is 0. The van der Waals surface area contributed by atoms with Gasteiger partial charge >= 0.3 is 5.69 Å². The fraction of sp³-hybridized carbons (Fsp3) is 0.333. The molecule has 1 heterocycles. The van der Waals surface area contributed by atoms with Crippen molar-refractivity contribution < 1.29 is 24.9 Å². The lowest BCUT2D eigenvalue weighted by Crippen LogP contribution is -2.42. The van der Waals surface area contributed by atoms with Gasteiger partial charge in [-0.25, -0.2) is 0 Å². The second-order valence-electron chi connectivity index (χ2n) is 5.72. The summed E-state index contributed by atoms with van der Waals surface area (Å²) in [4.78, 5) is 33.0. The predicted octanol–water partition coefficient (Wildman–Crippen LogP) is 0.369. The van der Waals surface area contributed by atoms with Crippen molar-refractivity contribution in [2.45, 2.75) is 19.1 Å². The molecule has 2 rings (SSSR count). The molecule has 0 saturated heterocycles. The molecule has 0 spiro atoms. The number of nitrogens with one attached hydrogen (secondary N) is 1. The number of aliphatic hydroxyl groups is 2. The summed E-state index contributed by atoms with van der Waals surface area (Å²) < 4.78 is 1.04. The number of nitrogens with zero attached hydrogens (tertiary/aromatic N) is 4. The number of nitro benzene ring substituents is 1. The average Bonchev–Trinajstić information content (AvgIpc) is 2.93. The second-order valence-corrected chi connectivity index (χ2v) is 5.72. The Bertz CT molecular complexity index is 877. The number of hydrogen-bond acceptors (Lipinski definition) is 8. The Labute approximate surface area is 152 Å². The van der Waals surface area contributed by atoms with Gasteiger partial charge in [-0.05, 0) is 24.6 Å². The van der Waals surface area contributed by atoms with Crippen LogP contribution in [0, 0.1) is 27.2 Å². The molecule has 27 heavy (non-hydrogen) atoms. The first-order chi connectivity index (χ1) is 12.7. The molecule has 1 aromatic heterocycles. The van der Waals surface area contributed by atoms with Gasteiger partial charge in [0, 0.05) is 19.2 Å². The third-order valence-corrected chi connectivity index (χ3v) is 3.93. The molecule has 1 amide bonds. The number of aliphatic hydroxyl groups excluding tert-OH is 2. The van der Waals surface area contributed by atoms with Crippen LogP contribution in [0.15, 0.2) is 24.3 Å². The summed E-state index contributed by atoms with van der Waals surface area (Å²) in [5, 5.41) is 47.9. The van der Waals surface area contributed by atoms with Crippen LogP contribution in [0.4, 0.5) is 11.4 Å². The second kappa shape index (κ2) is 7.88. The zero-order valence-corrected chi connectivity index (χ0v) is 14.4. The topological polar surface area (TPSA) is 174 Å². The maximum Gasteiger partial charge on any atom is 0.322 e. The molecule has 2 unspecified atom stereocenters. The molecule has 0 fully saturated rings. The smallest absolute Gasteiger partial charge is 0.322 e. The number of carbonyl (C=O) groups is 1. The van der Waals surface area contributed by atoms with Gasteiger partial charge in [0.05, 0.1) is 22.5 Å². The third-order valence-electron chi connectivity index (χ3n) is 3.93. The largest absolute Gasteiger partial charge is 0.394 e. The molecular formula is C15H17N5O7. The zero-order valence-electron chi connectivity index (χ0n) is 14.4. The molecule has 0 aliphatic carbocycles. The summed E-state index contributed by atoms with van der Waals surface area (Å²) in [6, 6.07) is 3.71. The summed E-state index contributed by atoms with van der Waals surface area (Å²) in [7, 11) is 1.36. The molecule has 0 saturated carbocycles. The van der Waals surface area contributed by atoms with E-state index in [9.17, 15) is 35.2 Å². The number of carbonyl (C=O) groups excluding carboxylic acids is 1. The van der Waals surface area contributed by atoms with Crippen molar-refractivity contribution in [3.63, 3.8) is 0 Å². The minimum absolute atomic E-state index is 0.0455. The van der Waals surface area contributed by atoms with Crippen LogP contribution >= 0.6 is 0 Å². The maximum atomic E-state index is 12.5. The van der Waals surface area contributed by atoms with Crippen LogP contribution in [-0.4, -0.2) is 48.4 Å². The molecule has 0 aliphatic rings. The number of aromatic nitrogens is 2. The van der Waals surface area contributed by atoms with Crippen LogP contribution in [0.2, 0.25) is 0 Å². The number of hydrogen-bond donors (Lipinski definition) is 3. The summed E-state index contributed by atoms with van der Waals surface area (Å²) in [6.07, 6.45) is -1.40. The van der Waals surface area contributed by atoms with E-state index in [0.717, 1.165) is 4.68 Å². The van der Waals surface area contributed by atoms with Crippen molar-refractivity contribution in [3.05, 3.63) is 61.4 Å². The fourth-order valence-corrected chi connectivity index (χ4v) is 2.61. The van der Waals surface area contributed by atoms with E-state index in [1.165, 1.54) is 38.2 Å². The Balaban J connectivity index is 2.25. The highest BCUT2D eigenvalue weighted by molar-refractivity contribution is 5.97. The Morgan fingerprint density at radius 3 is 2.33 bits per heavy atom. The number of benzene rings is 1. The van der Waals surface area contributed by atoms with Crippen LogP contribution in [0.25, 0.3) is 0 Å². The van der Waals surface area contributed by atoms with Gasteiger partial charge in [-0.15, -0.1) is 0 Å². The highest BCUT2D eigenvalue weighted by atomic mass is 16.6. The molecule has 12 nitrogen and oxygen atoms in total. The summed E-state index contributed by atoms with van der Waals surface area (Å²) in [5.74, 6) is -0.898. The molecule has 144 valence electrons. The zero-order chi connectivity index (χ0) is 20.3. The van der Waals surface area contributed by atoms with E-state index in [1.54, 1.807) is 0 Å². The van der Waals surface area contributed by atoms with Crippen LogP contribution in [0.1, 0.15) is 27.8 Å². The van der Waals surface area contributed by atoms with Crippen LogP contribution < -0.4 is 5.32 Å². The van der Waals surface area contributed by atoms with Gasteiger partial charge < -0.3 is 15.5 Å². The lowest BCUT2D eigenvalue weighted by Gasteiger charge is -2.22. The van der Waals surface area contributed by atoms with Gasteiger partial charge in [-0.2, -0.15) is 5.10 Å². The van der Waals surface area contributed by atoms with E-state index >= 15 is 0 Å². The quantitative estimate of drug-likeness (QED) is 0.457. The third kappa shape index (κ3) is 4.07. The Hall–Kier alpha value is -3.38. The Morgan fingerprint density at radius 2 is 1.85 bits per heavy atom. The summed E-state index contributed by atoms with van der Waals surface area (Å²) in [6.45, 7) is 0.707. The first-order valence-electron chi connectivity index (χ1n) is 7.69. The maximum absolute atomic E-state index is 12.5. The van der Waals surface area contributed by atoms with Crippen molar-refractivity contribution in [1.82, 2.24) is 15.1 Å². The number of rotatable bonds is 7. The van der Waals surface area contributed by atoms with Crippen LogP contribution in [-0.2, 0) is 7.05 Å². The van der Waals surface area contributed by atoms with Crippen molar-refractivity contribution in [2.24, 2.45) is 7.05 Å². The van der Waals surface area contributed by atoms with Crippen molar-refractivity contribution in [1.29, 1.82) is 0 Å². The standard InChI is InChI=1S/C15H17N5O7/c1-8-12(20(26)27)13(18(2)17-8)15(23)16-11(7-21)14(22)9-3-5-10(6-4-9)19(24)25/h3-6,11,14,21-22H,7H2,1-2H3,(H,16,23). The van der Waals surface area contributed by atoms with E-state index in [0.29, 0.717) is 0 Å². The van der Waals surface area contributed by atoms with Crippen molar-refractivity contribution >= 4 is 17.3 Å². The van der Waals surface area contributed by atoms with Gasteiger partial charge in [0.25, 0.3) is 11.6 Å². The normalized spacial score (nSPS) is 13.0. The molecule has 12 heteroatoms. The van der Waals surface area contributed by atoms with Gasteiger partial charge in [0.1, 0.15) is 11.8 Å². The van der Waals surface area contributed by atoms with Gasteiger partial charge in [0.15, 0.2) is 0 Å². The first kappa shape index (κ1) is 19.9. The molecule has 1 aromatic carbocycles.